The van der Waals surface area contributed by atoms with Crippen molar-refractivity contribution in [2.24, 2.45) is 0 Å². The molecule has 132 valence electrons. The van der Waals surface area contributed by atoms with Crippen LogP contribution in [0.5, 0.6) is 0 Å². The minimum Gasteiger partial charge on any atom is -0.415 e. The highest BCUT2D eigenvalue weighted by Crippen LogP contribution is 2.25. The quantitative estimate of drug-likeness (QED) is 0.445. The molecule has 10 heteroatoms. The molecule has 26 heavy (non-hydrogen) atoms. The van der Waals surface area contributed by atoms with Crippen LogP contribution in [0.2, 0.25) is 5.02 Å². The number of halogens is 1. The van der Waals surface area contributed by atoms with Gasteiger partial charge >= 0.3 is 0 Å². The van der Waals surface area contributed by atoms with E-state index >= 15 is 0 Å². The first-order valence-electron chi connectivity index (χ1n) is 7.68. The summed E-state index contributed by atoms with van der Waals surface area (Å²) < 4.78 is 7.31. The third-order valence-corrected chi connectivity index (χ3v) is 5.30. The lowest BCUT2D eigenvalue weighted by Gasteiger charge is -1.98. The average Bonchev–Trinajstić information content (AvgIpc) is 3.24. The first kappa shape index (κ1) is 17.3. The molecule has 0 radical (unpaired) electrons. The van der Waals surface area contributed by atoms with Crippen molar-refractivity contribution >= 4 is 40.9 Å². The summed E-state index contributed by atoms with van der Waals surface area (Å²) in [5.41, 5.74) is 2.01. The first-order valence-corrected chi connectivity index (χ1v) is 10.0. The standard InChI is InChI=1S/C16H13ClN6OS2/c1-10-5-6-23-14(18-10)19-15(22-23)25-9-13-20-21-16(24-13)26-8-11-3-2-4-12(17)7-11/h2-7H,8-9H2,1H3. The molecule has 7 nitrogen and oxygen atoms in total. The van der Waals surface area contributed by atoms with Gasteiger partial charge in [-0.2, -0.15) is 4.98 Å². The molecular formula is C16H13ClN6OS2. The Hall–Kier alpha value is -2.10. The first-order chi connectivity index (χ1) is 12.7. The monoisotopic (exact) mass is 404 g/mol. The molecular weight excluding hydrogens is 392 g/mol. The van der Waals surface area contributed by atoms with Gasteiger partial charge in [0.2, 0.25) is 11.0 Å². The Bertz CT molecular complexity index is 1050. The fourth-order valence-corrected chi connectivity index (χ4v) is 3.76. The summed E-state index contributed by atoms with van der Waals surface area (Å²) in [6, 6.07) is 9.59. The topological polar surface area (TPSA) is 82.0 Å². The molecule has 0 saturated heterocycles. The van der Waals surface area contributed by atoms with Crippen molar-refractivity contribution in [3.05, 3.63) is 58.7 Å². The van der Waals surface area contributed by atoms with Crippen molar-refractivity contribution in [2.75, 3.05) is 0 Å². The Morgan fingerprint density at radius 1 is 1.12 bits per heavy atom. The van der Waals surface area contributed by atoms with Gasteiger partial charge in [0.25, 0.3) is 11.0 Å². The van der Waals surface area contributed by atoms with Gasteiger partial charge < -0.3 is 4.42 Å². The summed E-state index contributed by atoms with van der Waals surface area (Å²) in [5, 5.41) is 14.4. The summed E-state index contributed by atoms with van der Waals surface area (Å²) >= 11 is 8.89. The Kier molecular flexibility index (Phi) is 5.09. The number of thioether (sulfide) groups is 2. The maximum absolute atomic E-state index is 5.99. The van der Waals surface area contributed by atoms with E-state index in [9.17, 15) is 0 Å². The molecule has 0 aliphatic rings. The zero-order chi connectivity index (χ0) is 17.9. The minimum absolute atomic E-state index is 0.501. The lowest BCUT2D eigenvalue weighted by molar-refractivity contribution is 0.426. The van der Waals surface area contributed by atoms with Crippen molar-refractivity contribution in [1.82, 2.24) is 29.8 Å². The van der Waals surface area contributed by atoms with Crippen molar-refractivity contribution in [2.45, 2.75) is 28.8 Å². The highest BCUT2D eigenvalue weighted by Gasteiger charge is 2.11. The molecule has 0 bridgehead atoms. The number of aromatic nitrogens is 6. The van der Waals surface area contributed by atoms with Gasteiger partial charge in [-0.3, -0.25) is 0 Å². The largest absolute Gasteiger partial charge is 0.415 e. The van der Waals surface area contributed by atoms with Crippen LogP contribution in [-0.4, -0.2) is 29.8 Å². The number of hydrogen-bond acceptors (Lipinski definition) is 8. The van der Waals surface area contributed by atoms with E-state index in [1.54, 1.807) is 4.52 Å². The number of fused-ring (bicyclic) bond motifs is 1. The average molecular weight is 405 g/mol. The molecule has 0 atom stereocenters. The fourth-order valence-electron chi connectivity index (χ4n) is 2.16. The number of nitrogens with zero attached hydrogens (tertiary/aromatic N) is 6. The highest BCUT2D eigenvalue weighted by atomic mass is 35.5. The van der Waals surface area contributed by atoms with Gasteiger partial charge in [-0.1, -0.05) is 47.3 Å². The SMILES string of the molecule is Cc1ccn2nc(SCc3nnc(SCc4cccc(Cl)c4)o3)nc2n1. The van der Waals surface area contributed by atoms with Gasteiger partial charge in [-0.05, 0) is 30.7 Å². The van der Waals surface area contributed by atoms with Crippen LogP contribution in [0.3, 0.4) is 0 Å². The van der Waals surface area contributed by atoms with Crippen molar-refractivity contribution in [3.63, 3.8) is 0 Å². The summed E-state index contributed by atoms with van der Waals surface area (Å²) in [7, 11) is 0. The third kappa shape index (κ3) is 4.17. The molecule has 0 fully saturated rings. The maximum Gasteiger partial charge on any atom is 0.276 e. The fraction of sp³-hybridized carbons (Fsp3) is 0.188. The molecule has 0 N–H and O–H groups in total. The number of aryl methyl sites for hydroxylation is 1. The lowest BCUT2D eigenvalue weighted by atomic mass is 10.2. The van der Waals surface area contributed by atoms with Gasteiger partial charge in [0, 0.05) is 22.7 Å². The summed E-state index contributed by atoms with van der Waals surface area (Å²) in [6.07, 6.45) is 1.84. The van der Waals surface area contributed by atoms with E-state index in [2.05, 4.69) is 25.3 Å². The van der Waals surface area contributed by atoms with E-state index in [0.29, 0.717) is 33.6 Å². The second-order valence-electron chi connectivity index (χ2n) is 5.38. The van der Waals surface area contributed by atoms with Gasteiger partial charge in [0.1, 0.15) is 0 Å². The van der Waals surface area contributed by atoms with Crippen LogP contribution in [0, 0.1) is 6.92 Å². The molecule has 1 aromatic carbocycles. The number of rotatable bonds is 6. The predicted molar refractivity (Wildman–Crippen MR) is 100 cm³/mol. The molecule has 3 heterocycles. The minimum atomic E-state index is 0.501. The van der Waals surface area contributed by atoms with E-state index in [-0.39, 0.29) is 0 Å². The van der Waals surface area contributed by atoms with Gasteiger partial charge in [-0.15, -0.1) is 15.3 Å². The Labute approximate surface area is 162 Å². The molecule has 0 aliphatic carbocycles. The predicted octanol–water partition coefficient (Wildman–Crippen LogP) is 4.05. The number of hydrogen-bond donors (Lipinski definition) is 0. The smallest absolute Gasteiger partial charge is 0.276 e. The molecule has 0 saturated carbocycles. The number of benzene rings is 1. The Morgan fingerprint density at radius 3 is 2.92 bits per heavy atom. The van der Waals surface area contributed by atoms with Crippen LogP contribution >= 0.6 is 35.1 Å². The van der Waals surface area contributed by atoms with Crippen LogP contribution < -0.4 is 0 Å². The molecule has 4 rings (SSSR count). The van der Waals surface area contributed by atoms with Crippen molar-refractivity contribution in [1.29, 1.82) is 0 Å². The van der Waals surface area contributed by atoms with E-state index < -0.39 is 0 Å². The zero-order valence-electron chi connectivity index (χ0n) is 13.7. The van der Waals surface area contributed by atoms with Gasteiger partial charge in [-0.25, -0.2) is 9.50 Å². The van der Waals surface area contributed by atoms with Crippen LogP contribution in [0.25, 0.3) is 5.78 Å². The van der Waals surface area contributed by atoms with Gasteiger partial charge in [0.05, 0.1) is 5.75 Å². The van der Waals surface area contributed by atoms with E-state index in [4.69, 9.17) is 16.0 Å². The van der Waals surface area contributed by atoms with Crippen LogP contribution in [-0.2, 0) is 11.5 Å². The lowest BCUT2D eigenvalue weighted by Crippen LogP contribution is -1.90. The summed E-state index contributed by atoms with van der Waals surface area (Å²) in [6.45, 7) is 1.92. The normalized spacial score (nSPS) is 11.3. The molecule has 0 spiro atoms. The summed E-state index contributed by atoms with van der Waals surface area (Å²) in [5.74, 6) is 2.33. The Balaban J connectivity index is 1.35. The highest BCUT2D eigenvalue weighted by molar-refractivity contribution is 7.98. The van der Waals surface area contributed by atoms with Crippen molar-refractivity contribution < 1.29 is 4.42 Å². The molecule has 0 amide bonds. The molecule has 4 aromatic rings. The molecule has 0 unspecified atom stereocenters. The zero-order valence-corrected chi connectivity index (χ0v) is 16.1. The Morgan fingerprint density at radius 2 is 2.04 bits per heavy atom. The second-order valence-corrected chi connectivity index (χ2v) is 7.68. The van der Waals surface area contributed by atoms with E-state index in [1.165, 1.54) is 23.5 Å². The summed E-state index contributed by atoms with van der Waals surface area (Å²) in [4.78, 5) is 8.70. The molecule has 0 aliphatic heterocycles. The van der Waals surface area contributed by atoms with Crippen molar-refractivity contribution in [3.8, 4) is 0 Å². The van der Waals surface area contributed by atoms with E-state index in [0.717, 1.165) is 16.3 Å². The second kappa shape index (κ2) is 7.65. The third-order valence-electron chi connectivity index (χ3n) is 3.35. The maximum atomic E-state index is 5.99. The van der Waals surface area contributed by atoms with E-state index in [1.807, 2.05) is 43.5 Å². The van der Waals surface area contributed by atoms with Crippen LogP contribution in [0.1, 0.15) is 17.1 Å². The molecule has 3 aromatic heterocycles. The van der Waals surface area contributed by atoms with Crippen LogP contribution in [0.15, 0.2) is 51.3 Å². The van der Waals surface area contributed by atoms with Gasteiger partial charge in [0.15, 0.2) is 0 Å². The van der Waals surface area contributed by atoms with Crippen LogP contribution in [0.4, 0.5) is 0 Å².